The van der Waals surface area contributed by atoms with Crippen molar-refractivity contribution in [1.82, 2.24) is 0 Å². The molecule has 1 N–H and O–H groups in total. The van der Waals surface area contributed by atoms with Crippen molar-refractivity contribution in [3.05, 3.63) is 100 Å². The molecule has 3 aromatic rings. The third kappa shape index (κ3) is 4.34. The van der Waals surface area contributed by atoms with Crippen LogP contribution < -0.4 is 10.2 Å². The third-order valence-electron chi connectivity index (χ3n) is 5.50. The molecule has 5 heteroatoms. The van der Waals surface area contributed by atoms with Crippen LogP contribution in [0.2, 0.25) is 0 Å². The second-order valence-corrected chi connectivity index (χ2v) is 9.33. The number of para-hydroxylation sites is 1. The summed E-state index contributed by atoms with van der Waals surface area (Å²) in [7, 11) is 0. The van der Waals surface area contributed by atoms with Gasteiger partial charge < -0.3 is 5.32 Å². The first-order valence-electron chi connectivity index (χ1n) is 10.7. The van der Waals surface area contributed by atoms with Gasteiger partial charge >= 0.3 is 0 Å². The van der Waals surface area contributed by atoms with E-state index in [1.54, 1.807) is 0 Å². The number of carbonyl (C=O) groups is 2. The molecule has 0 atom stereocenters. The molecule has 0 saturated carbocycles. The predicted molar refractivity (Wildman–Crippen MR) is 132 cm³/mol. The van der Waals surface area contributed by atoms with E-state index in [2.05, 4.69) is 19.2 Å². The number of thioether (sulfide) groups is 1. The molecule has 162 valence electrons. The van der Waals surface area contributed by atoms with Crippen molar-refractivity contribution in [3.63, 3.8) is 0 Å². The van der Waals surface area contributed by atoms with Crippen LogP contribution in [-0.2, 0) is 9.59 Å². The Kier molecular flexibility index (Phi) is 6.19. The standard InChI is InChI=1S/C27H26N2O2S/c1-17(2)20-11-13-21(14-12-20)29-26(30)24(28-23-8-6-5-7-19(23)4)25(27(29)31)32-22-15-9-18(3)10-16-22/h5-17,28H,1-4H3. The Hall–Kier alpha value is -3.31. The van der Waals surface area contributed by atoms with Gasteiger partial charge in [0.25, 0.3) is 11.8 Å². The average Bonchev–Trinajstić information content (AvgIpc) is 3.00. The Bertz CT molecular complexity index is 1200. The highest BCUT2D eigenvalue weighted by Crippen LogP contribution is 2.38. The fourth-order valence-corrected chi connectivity index (χ4v) is 4.46. The van der Waals surface area contributed by atoms with Crippen LogP contribution in [0.3, 0.4) is 0 Å². The number of aryl methyl sites for hydroxylation is 2. The van der Waals surface area contributed by atoms with Gasteiger partial charge in [-0.05, 0) is 61.2 Å². The fraction of sp³-hybridized carbons (Fsp3) is 0.185. The fourth-order valence-electron chi connectivity index (χ4n) is 3.53. The number of benzene rings is 3. The van der Waals surface area contributed by atoms with E-state index in [1.807, 2.05) is 86.6 Å². The summed E-state index contributed by atoms with van der Waals surface area (Å²) in [4.78, 5) is 29.5. The first-order valence-corrected chi connectivity index (χ1v) is 11.5. The van der Waals surface area contributed by atoms with Crippen molar-refractivity contribution in [3.8, 4) is 0 Å². The van der Waals surface area contributed by atoms with Gasteiger partial charge in [-0.3, -0.25) is 9.59 Å². The summed E-state index contributed by atoms with van der Waals surface area (Å²) in [5.74, 6) is -0.280. The molecule has 0 bridgehead atoms. The van der Waals surface area contributed by atoms with E-state index in [-0.39, 0.29) is 11.8 Å². The van der Waals surface area contributed by atoms with Crippen LogP contribution in [0.4, 0.5) is 11.4 Å². The molecule has 3 aromatic carbocycles. The molecule has 0 aromatic heterocycles. The van der Waals surface area contributed by atoms with Crippen molar-refractivity contribution in [2.24, 2.45) is 0 Å². The van der Waals surface area contributed by atoms with Crippen LogP contribution in [0.15, 0.2) is 88.3 Å². The van der Waals surface area contributed by atoms with Crippen LogP contribution in [-0.4, -0.2) is 11.8 Å². The van der Waals surface area contributed by atoms with Gasteiger partial charge in [-0.25, -0.2) is 4.90 Å². The van der Waals surface area contributed by atoms with Crippen LogP contribution in [0.1, 0.15) is 36.5 Å². The highest BCUT2D eigenvalue weighted by atomic mass is 32.2. The topological polar surface area (TPSA) is 49.4 Å². The third-order valence-corrected chi connectivity index (χ3v) is 6.60. The highest BCUT2D eigenvalue weighted by Gasteiger charge is 2.40. The predicted octanol–water partition coefficient (Wildman–Crippen LogP) is 6.42. The second-order valence-electron chi connectivity index (χ2n) is 8.25. The summed E-state index contributed by atoms with van der Waals surface area (Å²) in [6, 6.07) is 23.3. The largest absolute Gasteiger partial charge is 0.350 e. The Morgan fingerprint density at radius 3 is 2.09 bits per heavy atom. The van der Waals surface area contributed by atoms with Crippen molar-refractivity contribution in [2.75, 3.05) is 10.2 Å². The molecule has 4 rings (SSSR count). The number of amides is 2. The Balaban J connectivity index is 1.73. The second kappa shape index (κ2) is 9.05. The molecule has 0 radical (unpaired) electrons. The number of nitrogens with one attached hydrogen (secondary N) is 1. The van der Waals surface area contributed by atoms with E-state index >= 15 is 0 Å². The molecular formula is C27H26N2O2S. The van der Waals surface area contributed by atoms with E-state index in [1.165, 1.54) is 16.7 Å². The van der Waals surface area contributed by atoms with Crippen LogP contribution in [0, 0.1) is 13.8 Å². The van der Waals surface area contributed by atoms with Gasteiger partial charge in [0, 0.05) is 10.6 Å². The van der Waals surface area contributed by atoms with Crippen molar-refractivity contribution in [2.45, 2.75) is 38.5 Å². The monoisotopic (exact) mass is 442 g/mol. The SMILES string of the molecule is Cc1ccc(SC2=C(Nc3ccccc3C)C(=O)N(c3ccc(C(C)C)cc3)C2=O)cc1. The van der Waals surface area contributed by atoms with E-state index in [0.717, 1.165) is 27.3 Å². The van der Waals surface area contributed by atoms with Crippen molar-refractivity contribution >= 4 is 35.0 Å². The van der Waals surface area contributed by atoms with Gasteiger partial charge in [0.2, 0.25) is 0 Å². The lowest BCUT2D eigenvalue weighted by atomic mass is 10.0. The van der Waals surface area contributed by atoms with Gasteiger partial charge in [0.15, 0.2) is 0 Å². The van der Waals surface area contributed by atoms with Crippen LogP contribution >= 0.6 is 11.8 Å². The summed E-state index contributed by atoms with van der Waals surface area (Å²) in [6.07, 6.45) is 0. The number of hydrogen-bond acceptors (Lipinski definition) is 4. The lowest BCUT2D eigenvalue weighted by molar-refractivity contribution is -0.120. The maximum Gasteiger partial charge on any atom is 0.283 e. The van der Waals surface area contributed by atoms with Gasteiger partial charge in [-0.1, -0.05) is 73.6 Å². The van der Waals surface area contributed by atoms with Gasteiger partial charge in [0.05, 0.1) is 5.69 Å². The normalized spacial score (nSPS) is 14.0. The number of imide groups is 1. The minimum absolute atomic E-state index is 0.308. The van der Waals surface area contributed by atoms with Gasteiger partial charge in [0.1, 0.15) is 10.6 Å². The molecule has 1 heterocycles. The smallest absolute Gasteiger partial charge is 0.283 e. The number of anilines is 2. The summed E-state index contributed by atoms with van der Waals surface area (Å²) in [5.41, 5.74) is 4.99. The zero-order valence-corrected chi connectivity index (χ0v) is 19.5. The highest BCUT2D eigenvalue weighted by molar-refractivity contribution is 8.04. The molecule has 0 unspecified atom stereocenters. The molecule has 0 fully saturated rings. The number of hydrogen-bond donors (Lipinski definition) is 1. The van der Waals surface area contributed by atoms with E-state index in [0.29, 0.717) is 22.2 Å². The number of nitrogens with zero attached hydrogens (tertiary/aromatic N) is 1. The average molecular weight is 443 g/mol. The molecule has 1 aliphatic heterocycles. The van der Waals surface area contributed by atoms with E-state index < -0.39 is 0 Å². The first kappa shape index (κ1) is 21.9. The minimum atomic E-state index is -0.342. The van der Waals surface area contributed by atoms with Crippen molar-refractivity contribution < 1.29 is 9.59 Å². The zero-order chi connectivity index (χ0) is 22.8. The molecule has 1 aliphatic rings. The van der Waals surface area contributed by atoms with Crippen molar-refractivity contribution in [1.29, 1.82) is 0 Å². The quantitative estimate of drug-likeness (QED) is 0.448. The Morgan fingerprint density at radius 2 is 1.47 bits per heavy atom. The first-order chi connectivity index (χ1) is 15.3. The summed E-state index contributed by atoms with van der Waals surface area (Å²) < 4.78 is 0. The van der Waals surface area contributed by atoms with Gasteiger partial charge in [-0.15, -0.1) is 0 Å². The van der Waals surface area contributed by atoms with E-state index in [4.69, 9.17) is 0 Å². The number of rotatable bonds is 6. The Morgan fingerprint density at radius 1 is 0.812 bits per heavy atom. The molecule has 4 nitrogen and oxygen atoms in total. The summed E-state index contributed by atoms with van der Waals surface area (Å²) in [5, 5.41) is 3.25. The summed E-state index contributed by atoms with van der Waals surface area (Å²) >= 11 is 1.32. The van der Waals surface area contributed by atoms with E-state index in [9.17, 15) is 9.59 Å². The molecule has 32 heavy (non-hydrogen) atoms. The van der Waals surface area contributed by atoms with Crippen LogP contribution in [0.5, 0.6) is 0 Å². The maximum absolute atomic E-state index is 13.5. The minimum Gasteiger partial charge on any atom is -0.350 e. The van der Waals surface area contributed by atoms with Gasteiger partial charge in [-0.2, -0.15) is 0 Å². The Labute approximate surface area is 193 Å². The number of carbonyl (C=O) groups excluding carboxylic acids is 2. The molecule has 0 spiro atoms. The van der Waals surface area contributed by atoms with Crippen LogP contribution in [0.25, 0.3) is 0 Å². The zero-order valence-electron chi connectivity index (χ0n) is 18.7. The lowest BCUT2D eigenvalue weighted by Gasteiger charge is -2.16. The molecular weight excluding hydrogens is 416 g/mol. The molecule has 0 saturated heterocycles. The summed E-state index contributed by atoms with van der Waals surface area (Å²) in [6.45, 7) is 8.22. The lowest BCUT2D eigenvalue weighted by Crippen LogP contribution is -2.32. The molecule has 2 amide bonds. The molecule has 0 aliphatic carbocycles. The maximum atomic E-state index is 13.5.